The quantitative estimate of drug-likeness (QED) is 0.503. The molecule has 106 valence electrons. The molecule has 20 heavy (non-hydrogen) atoms. The molecule has 0 bridgehead atoms. The Kier molecular flexibility index (Phi) is 4.57. The molecule has 2 aromatic rings. The summed E-state index contributed by atoms with van der Waals surface area (Å²) in [5, 5.41) is 13.5. The van der Waals surface area contributed by atoms with Gasteiger partial charge < -0.3 is 15.1 Å². The Bertz CT molecular complexity index is 672. The lowest BCUT2D eigenvalue weighted by Crippen LogP contribution is -2.14. The van der Waals surface area contributed by atoms with E-state index < -0.39 is 0 Å². The topological polar surface area (TPSA) is 76.4 Å². The van der Waals surface area contributed by atoms with Gasteiger partial charge in [-0.3, -0.25) is 5.41 Å². The number of nitrogens with one attached hydrogen (secondary N) is 1. The van der Waals surface area contributed by atoms with Crippen LogP contribution in [0.1, 0.15) is 25.0 Å². The smallest absolute Gasteiger partial charge is 0.182 e. The number of hydrazone groups is 1. The van der Waals surface area contributed by atoms with E-state index in [9.17, 15) is 0 Å². The largest absolute Gasteiger partial charge is 0.494 e. The molecule has 1 aromatic heterocycles. The molecule has 0 unspecified atom stereocenters. The first-order valence-electron chi connectivity index (χ1n) is 6.34. The average Bonchev–Trinajstić information content (AvgIpc) is 2.85. The number of nitrogens with zero attached hydrogens (tertiary/aromatic N) is 2. The van der Waals surface area contributed by atoms with E-state index in [1.54, 1.807) is 0 Å². The summed E-state index contributed by atoms with van der Waals surface area (Å²) in [7, 11) is 0. The van der Waals surface area contributed by atoms with Crippen molar-refractivity contribution >= 4 is 17.0 Å². The van der Waals surface area contributed by atoms with Gasteiger partial charge in [0.05, 0.1) is 18.9 Å². The van der Waals surface area contributed by atoms with Crippen molar-refractivity contribution in [3.8, 4) is 5.75 Å². The predicted octanol–water partition coefficient (Wildman–Crippen LogP) is 2.16. The number of nitrogens with two attached hydrogens (primary N) is 1. The Hall–Kier alpha value is -2.08. The van der Waals surface area contributed by atoms with Crippen molar-refractivity contribution in [3.63, 3.8) is 0 Å². The second-order valence-electron chi connectivity index (χ2n) is 4.31. The first-order chi connectivity index (χ1) is 9.65. The van der Waals surface area contributed by atoms with Gasteiger partial charge in [-0.15, -0.1) is 11.3 Å². The Balaban J connectivity index is 2.41. The van der Waals surface area contributed by atoms with Crippen molar-refractivity contribution in [2.45, 2.75) is 20.4 Å². The van der Waals surface area contributed by atoms with Crippen LogP contribution in [0.5, 0.6) is 5.75 Å². The van der Waals surface area contributed by atoms with Gasteiger partial charge in [0, 0.05) is 17.1 Å². The molecule has 0 saturated heterocycles. The highest BCUT2D eigenvalue weighted by molar-refractivity contribution is 7.06. The maximum absolute atomic E-state index is 7.84. The highest BCUT2D eigenvalue weighted by atomic mass is 32.1. The van der Waals surface area contributed by atoms with Crippen molar-refractivity contribution in [1.82, 2.24) is 4.57 Å². The number of ether oxygens (including phenoxy) is 1. The molecule has 0 atom stereocenters. The summed E-state index contributed by atoms with van der Waals surface area (Å²) in [6, 6.07) is 5.89. The molecule has 5 nitrogen and oxygen atoms in total. The van der Waals surface area contributed by atoms with Crippen LogP contribution in [0.25, 0.3) is 0 Å². The van der Waals surface area contributed by atoms with Gasteiger partial charge in [0.1, 0.15) is 5.75 Å². The standard InChI is InChI=1S/C14H18N4OS/c1-3-19-13-5-4-11(10(2)17-16)8-12(13)9-18-6-7-20-14(18)15/h4-8,15H,3,9,16H2,1-2H3/b15-14?,17-10-. The lowest BCUT2D eigenvalue weighted by Gasteiger charge is -2.12. The summed E-state index contributed by atoms with van der Waals surface area (Å²) in [5.41, 5.74) is 2.76. The monoisotopic (exact) mass is 290 g/mol. The van der Waals surface area contributed by atoms with Crippen LogP contribution >= 0.6 is 11.3 Å². The zero-order chi connectivity index (χ0) is 14.5. The lowest BCUT2D eigenvalue weighted by atomic mass is 10.1. The van der Waals surface area contributed by atoms with Gasteiger partial charge >= 0.3 is 0 Å². The number of benzene rings is 1. The Morgan fingerprint density at radius 3 is 2.90 bits per heavy atom. The zero-order valence-corrected chi connectivity index (χ0v) is 12.4. The molecule has 0 amide bonds. The molecular weight excluding hydrogens is 272 g/mol. The van der Waals surface area contributed by atoms with Crippen LogP contribution in [-0.2, 0) is 6.54 Å². The van der Waals surface area contributed by atoms with E-state index in [0.29, 0.717) is 18.0 Å². The Morgan fingerprint density at radius 2 is 2.30 bits per heavy atom. The minimum Gasteiger partial charge on any atom is -0.494 e. The fourth-order valence-electron chi connectivity index (χ4n) is 1.91. The molecule has 2 rings (SSSR count). The molecule has 1 heterocycles. The molecule has 6 heteroatoms. The summed E-state index contributed by atoms with van der Waals surface area (Å²) in [4.78, 5) is 0.516. The highest BCUT2D eigenvalue weighted by Crippen LogP contribution is 2.21. The number of rotatable bonds is 5. The van der Waals surface area contributed by atoms with Gasteiger partial charge in [-0.2, -0.15) is 5.10 Å². The van der Waals surface area contributed by atoms with Crippen molar-refractivity contribution < 1.29 is 4.74 Å². The molecule has 0 fully saturated rings. The molecule has 0 radical (unpaired) electrons. The minimum absolute atomic E-state index is 0.516. The number of hydrogen-bond acceptors (Lipinski definition) is 5. The Morgan fingerprint density at radius 1 is 1.50 bits per heavy atom. The van der Waals surface area contributed by atoms with Crippen LogP contribution in [0, 0.1) is 5.41 Å². The molecule has 1 aromatic carbocycles. The summed E-state index contributed by atoms with van der Waals surface area (Å²) >= 11 is 1.40. The van der Waals surface area contributed by atoms with Crippen LogP contribution in [-0.4, -0.2) is 16.9 Å². The second-order valence-corrected chi connectivity index (χ2v) is 5.20. The van der Waals surface area contributed by atoms with E-state index >= 15 is 0 Å². The predicted molar refractivity (Wildman–Crippen MR) is 81.3 cm³/mol. The first kappa shape index (κ1) is 14.3. The fourth-order valence-corrected chi connectivity index (χ4v) is 2.51. The highest BCUT2D eigenvalue weighted by Gasteiger charge is 2.08. The van der Waals surface area contributed by atoms with Gasteiger partial charge in [-0.05, 0) is 37.6 Å². The minimum atomic E-state index is 0.516. The third-order valence-corrected chi connectivity index (χ3v) is 3.71. The van der Waals surface area contributed by atoms with Crippen molar-refractivity contribution in [3.05, 3.63) is 45.7 Å². The number of hydrogen-bond donors (Lipinski definition) is 2. The molecule has 0 aliphatic heterocycles. The van der Waals surface area contributed by atoms with Crippen LogP contribution < -0.4 is 15.4 Å². The summed E-state index contributed by atoms with van der Waals surface area (Å²) in [6.07, 6.45) is 1.90. The van der Waals surface area contributed by atoms with E-state index in [2.05, 4.69) is 5.10 Å². The van der Waals surface area contributed by atoms with Gasteiger partial charge in [0.15, 0.2) is 4.80 Å². The third-order valence-electron chi connectivity index (χ3n) is 2.99. The zero-order valence-electron chi connectivity index (χ0n) is 11.6. The van der Waals surface area contributed by atoms with Crippen molar-refractivity contribution in [1.29, 1.82) is 5.41 Å². The van der Waals surface area contributed by atoms with Gasteiger partial charge in [0.25, 0.3) is 0 Å². The van der Waals surface area contributed by atoms with Crippen LogP contribution in [0.3, 0.4) is 0 Å². The van der Waals surface area contributed by atoms with E-state index in [1.807, 2.05) is 48.2 Å². The second kappa shape index (κ2) is 6.38. The summed E-state index contributed by atoms with van der Waals surface area (Å²) in [5.74, 6) is 6.17. The van der Waals surface area contributed by atoms with Crippen LogP contribution in [0.15, 0.2) is 34.9 Å². The first-order valence-corrected chi connectivity index (χ1v) is 7.22. The molecule has 0 saturated carbocycles. The normalized spacial score (nSPS) is 11.6. The van der Waals surface area contributed by atoms with Gasteiger partial charge in [-0.25, -0.2) is 0 Å². The lowest BCUT2D eigenvalue weighted by molar-refractivity contribution is 0.335. The number of thiazole rings is 1. The third kappa shape index (κ3) is 3.08. The fraction of sp³-hybridized carbons (Fsp3) is 0.286. The molecular formula is C14H18N4OS. The average molecular weight is 290 g/mol. The maximum Gasteiger partial charge on any atom is 0.182 e. The van der Waals surface area contributed by atoms with Gasteiger partial charge in [0.2, 0.25) is 0 Å². The molecule has 3 N–H and O–H groups in total. The van der Waals surface area contributed by atoms with E-state index in [4.69, 9.17) is 16.0 Å². The summed E-state index contributed by atoms with van der Waals surface area (Å²) in [6.45, 7) is 5.03. The van der Waals surface area contributed by atoms with Crippen LogP contribution in [0.2, 0.25) is 0 Å². The SMILES string of the molecule is CCOc1ccc(/C(C)=N\N)cc1Cn1ccsc1=N. The molecule has 0 aliphatic carbocycles. The maximum atomic E-state index is 7.84. The Labute approximate surface area is 121 Å². The van der Waals surface area contributed by atoms with Gasteiger partial charge in [-0.1, -0.05) is 0 Å². The number of aromatic nitrogens is 1. The van der Waals surface area contributed by atoms with E-state index in [-0.39, 0.29) is 0 Å². The molecule has 0 aliphatic rings. The van der Waals surface area contributed by atoms with E-state index in [1.165, 1.54) is 11.3 Å². The van der Waals surface area contributed by atoms with Crippen molar-refractivity contribution in [2.24, 2.45) is 10.9 Å². The van der Waals surface area contributed by atoms with E-state index in [0.717, 1.165) is 22.6 Å². The van der Waals surface area contributed by atoms with Crippen molar-refractivity contribution in [2.75, 3.05) is 6.61 Å². The summed E-state index contributed by atoms with van der Waals surface area (Å²) < 4.78 is 7.53. The molecule has 0 spiro atoms. The van der Waals surface area contributed by atoms with Crippen LogP contribution in [0.4, 0.5) is 0 Å².